The van der Waals surface area contributed by atoms with Crippen LogP contribution in [0.25, 0.3) is 11.2 Å². The van der Waals surface area contributed by atoms with Crippen molar-refractivity contribution in [2.24, 2.45) is 14.1 Å². The number of nitrogens with zero attached hydrogens (tertiary/aromatic N) is 4. The van der Waals surface area contributed by atoms with E-state index in [1.807, 2.05) is 0 Å². The van der Waals surface area contributed by atoms with Crippen LogP contribution in [0, 0.1) is 6.92 Å². The molecule has 0 aliphatic heterocycles. The molecule has 3 aromatic rings. The van der Waals surface area contributed by atoms with Gasteiger partial charge in [0, 0.05) is 14.1 Å². The molecule has 0 N–H and O–H groups in total. The Hall–Kier alpha value is -2.57. The van der Waals surface area contributed by atoms with Crippen LogP contribution in [-0.2, 0) is 20.6 Å². The zero-order valence-electron chi connectivity index (χ0n) is 11.5. The van der Waals surface area contributed by atoms with Gasteiger partial charge in [0.05, 0.1) is 12.8 Å². The van der Waals surface area contributed by atoms with Gasteiger partial charge in [0.1, 0.15) is 11.6 Å². The van der Waals surface area contributed by atoms with Gasteiger partial charge in [-0.15, -0.1) is 0 Å². The third-order valence-electron chi connectivity index (χ3n) is 3.46. The van der Waals surface area contributed by atoms with Crippen molar-refractivity contribution in [1.82, 2.24) is 18.7 Å². The van der Waals surface area contributed by atoms with Gasteiger partial charge in [-0.25, -0.2) is 9.78 Å². The first kappa shape index (κ1) is 12.5. The van der Waals surface area contributed by atoms with Gasteiger partial charge in [-0.05, 0) is 19.1 Å². The lowest BCUT2D eigenvalue weighted by molar-refractivity contribution is 0.485. The van der Waals surface area contributed by atoms with Crippen LogP contribution in [0.15, 0.2) is 32.4 Å². The van der Waals surface area contributed by atoms with E-state index in [-0.39, 0.29) is 17.8 Å². The minimum absolute atomic E-state index is 0.259. The maximum absolute atomic E-state index is 12.3. The van der Waals surface area contributed by atoms with E-state index in [1.165, 1.54) is 11.6 Å². The molecule has 3 heterocycles. The quantitative estimate of drug-likeness (QED) is 0.677. The fraction of sp³-hybridized carbons (Fsp3) is 0.308. The number of aryl methyl sites for hydroxylation is 2. The summed E-state index contributed by atoms with van der Waals surface area (Å²) in [6.45, 7) is 2.05. The van der Waals surface area contributed by atoms with E-state index >= 15 is 0 Å². The van der Waals surface area contributed by atoms with E-state index in [0.717, 1.165) is 4.57 Å². The predicted octanol–water partition coefficient (Wildman–Crippen LogP) is 0.383. The molecule has 0 aliphatic carbocycles. The molecule has 0 spiro atoms. The minimum atomic E-state index is -0.387. The van der Waals surface area contributed by atoms with E-state index in [1.54, 1.807) is 36.9 Å². The van der Waals surface area contributed by atoms with Crippen molar-refractivity contribution < 1.29 is 4.42 Å². The van der Waals surface area contributed by atoms with Gasteiger partial charge >= 0.3 is 5.69 Å². The number of furan rings is 1. The Morgan fingerprint density at radius 1 is 1.25 bits per heavy atom. The Morgan fingerprint density at radius 3 is 2.65 bits per heavy atom. The molecule has 7 heteroatoms. The lowest BCUT2D eigenvalue weighted by Gasteiger charge is -2.09. The summed E-state index contributed by atoms with van der Waals surface area (Å²) < 4.78 is 9.58. The summed E-state index contributed by atoms with van der Waals surface area (Å²) >= 11 is 0. The van der Waals surface area contributed by atoms with E-state index in [0.29, 0.717) is 22.7 Å². The lowest BCUT2D eigenvalue weighted by atomic mass is 10.4. The third-order valence-corrected chi connectivity index (χ3v) is 3.46. The normalized spacial score (nSPS) is 11.3. The van der Waals surface area contributed by atoms with Crippen LogP contribution in [0.1, 0.15) is 11.6 Å². The van der Waals surface area contributed by atoms with Gasteiger partial charge in [-0.2, -0.15) is 0 Å². The monoisotopic (exact) mass is 274 g/mol. The molecule has 3 aromatic heterocycles. The standard InChI is InChI=1S/C13H14N4O3/c1-8-14-10-11(15(8)2)17(7-9-5-4-6-20-9)13(19)16(3)12(10)18/h4-6H,7H2,1-3H3. The second-order valence-corrected chi connectivity index (χ2v) is 4.70. The van der Waals surface area contributed by atoms with Gasteiger partial charge in [0.25, 0.3) is 5.56 Å². The zero-order chi connectivity index (χ0) is 14.4. The minimum Gasteiger partial charge on any atom is -0.467 e. The number of hydrogen-bond donors (Lipinski definition) is 0. The largest absolute Gasteiger partial charge is 0.467 e. The molecule has 0 atom stereocenters. The predicted molar refractivity (Wildman–Crippen MR) is 72.8 cm³/mol. The number of hydrogen-bond acceptors (Lipinski definition) is 4. The highest BCUT2D eigenvalue weighted by molar-refractivity contribution is 5.70. The van der Waals surface area contributed by atoms with Gasteiger partial charge in [0.2, 0.25) is 0 Å². The molecular formula is C13H14N4O3. The van der Waals surface area contributed by atoms with Crippen LogP contribution < -0.4 is 11.2 Å². The van der Waals surface area contributed by atoms with Crippen LogP contribution >= 0.6 is 0 Å². The SMILES string of the molecule is Cc1nc2c(=O)n(C)c(=O)n(Cc3ccco3)c2n1C. The summed E-state index contributed by atoms with van der Waals surface area (Å²) in [5.41, 5.74) is 0.0250. The van der Waals surface area contributed by atoms with Crippen molar-refractivity contribution in [3.05, 3.63) is 50.8 Å². The molecule has 0 aromatic carbocycles. The molecule has 20 heavy (non-hydrogen) atoms. The second-order valence-electron chi connectivity index (χ2n) is 4.70. The fourth-order valence-electron chi connectivity index (χ4n) is 2.27. The summed E-state index contributed by atoms with van der Waals surface area (Å²) in [5.74, 6) is 1.32. The maximum Gasteiger partial charge on any atom is 0.332 e. The molecule has 7 nitrogen and oxygen atoms in total. The molecule has 0 aliphatic rings. The first-order chi connectivity index (χ1) is 9.50. The average Bonchev–Trinajstić information content (AvgIpc) is 3.02. The molecule has 104 valence electrons. The Morgan fingerprint density at radius 2 is 2.00 bits per heavy atom. The van der Waals surface area contributed by atoms with Gasteiger partial charge in [-0.3, -0.25) is 13.9 Å². The Bertz CT molecular complexity index is 896. The lowest BCUT2D eigenvalue weighted by Crippen LogP contribution is -2.38. The van der Waals surface area contributed by atoms with Gasteiger partial charge < -0.3 is 8.98 Å². The first-order valence-corrected chi connectivity index (χ1v) is 6.16. The molecule has 0 radical (unpaired) electrons. The highest BCUT2D eigenvalue weighted by atomic mass is 16.3. The van der Waals surface area contributed by atoms with E-state index in [4.69, 9.17) is 4.42 Å². The summed E-state index contributed by atoms with van der Waals surface area (Å²) in [6, 6.07) is 3.54. The molecule has 0 saturated carbocycles. The van der Waals surface area contributed by atoms with Crippen LogP contribution in [0.2, 0.25) is 0 Å². The second kappa shape index (κ2) is 4.22. The Balaban J connectivity index is 2.40. The Kier molecular flexibility index (Phi) is 2.63. The zero-order valence-corrected chi connectivity index (χ0v) is 11.5. The van der Waals surface area contributed by atoms with Gasteiger partial charge in [0.15, 0.2) is 11.2 Å². The van der Waals surface area contributed by atoms with Crippen molar-refractivity contribution in [3.8, 4) is 0 Å². The fourth-order valence-corrected chi connectivity index (χ4v) is 2.27. The van der Waals surface area contributed by atoms with Crippen molar-refractivity contribution in [1.29, 1.82) is 0 Å². The molecule has 0 bridgehead atoms. The number of rotatable bonds is 2. The molecular weight excluding hydrogens is 260 g/mol. The average molecular weight is 274 g/mol. The van der Waals surface area contributed by atoms with Crippen molar-refractivity contribution in [2.45, 2.75) is 13.5 Å². The highest BCUT2D eigenvalue weighted by Crippen LogP contribution is 2.11. The summed E-state index contributed by atoms with van der Waals surface area (Å²) in [4.78, 5) is 28.7. The number of aromatic nitrogens is 4. The van der Waals surface area contributed by atoms with Crippen LogP contribution in [-0.4, -0.2) is 18.7 Å². The molecule has 0 unspecified atom stereocenters. The first-order valence-electron chi connectivity index (χ1n) is 6.16. The molecule has 3 rings (SSSR count). The smallest absolute Gasteiger partial charge is 0.332 e. The highest BCUT2D eigenvalue weighted by Gasteiger charge is 2.17. The van der Waals surface area contributed by atoms with Crippen molar-refractivity contribution in [3.63, 3.8) is 0 Å². The maximum atomic E-state index is 12.3. The number of fused-ring (bicyclic) bond motifs is 1. The molecule has 0 amide bonds. The molecule has 0 fully saturated rings. The number of imidazole rings is 1. The van der Waals surface area contributed by atoms with Crippen molar-refractivity contribution >= 4 is 11.2 Å². The summed E-state index contributed by atoms with van der Waals surface area (Å²) in [7, 11) is 3.23. The van der Waals surface area contributed by atoms with Gasteiger partial charge in [-0.1, -0.05) is 0 Å². The summed E-state index contributed by atoms with van der Waals surface area (Å²) in [6.07, 6.45) is 1.55. The summed E-state index contributed by atoms with van der Waals surface area (Å²) in [5, 5.41) is 0. The van der Waals surface area contributed by atoms with E-state index in [9.17, 15) is 9.59 Å². The van der Waals surface area contributed by atoms with Crippen LogP contribution in [0.4, 0.5) is 0 Å². The van der Waals surface area contributed by atoms with Crippen molar-refractivity contribution in [2.75, 3.05) is 0 Å². The third kappa shape index (κ3) is 1.63. The topological polar surface area (TPSA) is 75.0 Å². The van der Waals surface area contributed by atoms with Crippen LogP contribution in [0.3, 0.4) is 0 Å². The van der Waals surface area contributed by atoms with E-state index < -0.39 is 0 Å². The van der Waals surface area contributed by atoms with E-state index in [2.05, 4.69) is 4.98 Å². The van der Waals surface area contributed by atoms with Crippen LogP contribution in [0.5, 0.6) is 0 Å². The Labute approximate surface area is 113 Å². The molecule has 0 saturated heterocycles.